The van der Waals surface area contributed by atoms with Crippen LogP contribution in [0.3, 0.4) is 0 Å². The number of hydrogen-bond donors (Lipinski definition) is 1. The summed E-state index contributed by atoms with van der Waals surface area (Å²) in [7, 11) is -1.54. The minimum Gasteiger partial charge on any atom is -0.547 e. The maximum Gasteiger partial charge on any atom is 0.241 e. The zero-order valence-corrected chi connectivity index (χ0v) is 11.3. The Morgan fingerprint density at radius 1 is 1.43 bits per heavy atom. The van der Waals surface area contributed by atoms with Crippen LogP contribution in [0.1, 0.15) is 27.2 Å². The van der Waals surface area contributed by atoms with Crippen LogP contribution in [0, 0.1) is 5.92 Å². The first-order valence-corrected chi connectivity index (χ1v) is 8.76. The van der Waals surface area contributed by atoms with Crippen molar-refractivity contribution in [1.29, 1.82) is 0 Å². The molecule has 84 valence electrons. The molecule has 0 aliphatic heterocycles. The molecule has 2 nitrogen and oxygen atoms in total. The molecular weight excluding hydrogens is 192 g/mol. The predicted octanol–water partition coefficient (Wildman–Crippen LogP) is 3.15. The van der Waals surface area contributed by atoms with E-state index in [4.69, 9.17) is 4.43 Å². The van der Waals surface area contributed by atoms with Crippen molar-refractivity contribution < 1.29 is 9.53 Å². The largest absolute Gasteiger partial charge is 0.547 e. The molecule has 1 N–H and O–H groups in total. The highest BCUT2D eigenvalue weighted by Gasteiger charge is 2.23. The molecule has 0 aromatic carbocycles. The van der Waals surface area contributed by atoms with Crippen molar-refractivity contribution in [3.05, 3.63) is 11.8 Å². The maximum atomic E-state index is 9.72. The third-order valence-corrected chi connectivity index (χ3v) is 3.00. The van der Waals surface area contributed by atoms with Crippen LogP contribution in [0.25, 0.3) is 0 Å². The zero-order valence-electron chi connectivity index (χ0n) is 10.3. The van der Waals surface area contributed by atoms with E-state index >= 15 is 0 Å². The molecule has 14 heavy (non-hydrogen) atoms. The smallest absolute Gasteiger partial charge is 0.241 e. The van der Waals surface area contributed by atoms with Crippen LogP contribution in [-0.2, 0) is 4.43 Å². The summed E-state index contributed by atoms with van der Waals surface area (Å²) in [6.45, 7) is 12.4. The van der Waals surface area contributed by atoms with Gasteiger partial charge in [0.25, 0.3) is 0 Å². The van der Waals surface area contributed by atoms with Gasteiger partial charge in [0.15, 0.2) is 0 Å². The number of rotatable bonds is 5. The summed E-state index contributed by atoms with van der Waals surface area (Å²) < 4.78 is 5.91. The van der Waals surface area contributed by atoms with Crippen molar-refractivity contribution in [1.82, 2.24) is 0 Å². The molecule has 0 aromatic rings. The molecule has 0 fully saturated rings. The van der Waals surface area contributed by atoms with Crippen molar-refractivity contribution in [3.63, 3.8) is 0 Å². The molecule has 0 spiro atoms. The van der Waals surface area contributed by atoms with E-state index in [1.807, 2.05) is 26.8 Å². The molecule has 0 aromatic heterocycles. The highest BCUT2D eigenvalue weighted by atomic mass is 28.4. The van der Waals surface area contributed by atoms with E-state index < -0.39 is 8.32 Å². The molecule has 2 atom stereocenters. The summed E-state index contributed by atoms with van der Waals surface area (Å²) in [5, 5.41) is 9.72. The fourth-order valence-electron chi connectivity index (χ4n) is 1.31. The van der Waals surface area contributed by atoms with Crippen molar-refractivity contribution in [2.24, 2.45) is 5.92 Å². The Balaban J connectivity index is 4.44. The first kappa shape index (κ1) is 13.7. The van der Waals surface area contributed by atoms with Gasteiger partial charge < -0.3 is 9.53 Å². The molecule has 0 heterocycles. The van der Waals surface area contributed by atoms with Gasteiger partial charge in [0, 0.05) is 5.92 Å². The summed E-state index contributed by atoms with van der Waals surface area (Å²) >= 11 is 0. The predicted molar refractivity (Wildman–Crippen MR) is 63.6 cm³/mol. The Bertz CT molecular complexity index is 194. The summed E-state index contributed by atoms with van der Waals surface area (Å²) in [6, 6.07) is 0. The van der Waals surface area contributed by atoms with Crippen molar-refractivity contribution in [2.45, 2.75) is 52.9 Å². The number of aliphatic hydroxyl groups excluding tert-OH is 1. The Morgan fingerprint density at radius 2 is 1.93 bits per heavy atom. The van der Waals surface area contributed by atoms with Crippen LogP contribution in [0.2, 0.25) is 19.6 Å². The molecule has 0 unspecified atom stereocenters. The third kappa shape index (κ3) is 4.82. The van der Waals surface area contributed by atoms with Gasteiger partial charge >= 0.3 is 0 Å². The molecule has 0 rings (SSSR count). The fourth-order valence-corrected chi connectivity index (χ4v) is 2.32. The SMILES string of the molecule is C/C=C(/O[Si](C)(C)C)[C@H](C)[C@@H](O)CC. The van der Waals surface area contributed by atoms with Crippen LogP contribution >= 0.6 is 0 Å². The molecule has 0 aliphatic rings. The van der Waals surface area contributed by atoms with Crippen LogP contribution < -0.4 is 0 Å². The van der Waals surface area contributed by atoms with Gasteiger partial charge in [-0.15, -0.1) is 0 Å². The van der Waals surface area contributed by atoms with Crippen molar-refractivity contribution >= 4 is 8.32 Å². The highest BCUT2D eigenvalue weighted by molar-refractivity contribution is 6.70. The number of aliphatic hydroxyl groups is 1. The summed E-state index contributed by atoms with van der Waals surface area (Å²) in [4.78, 5) is 0. The van der Waals surface area contributed by atoms with Crippen LogP contribution in [0.15, 0.2) is 11.8 Å². The summed E-state index contributed by atoms with van der Waals surface area (Å²) in [5.74, 6) is 1.05. The average Bonchev–Trinajstić information content (AvgIpc) is 2.10. The van der Waals surface area contributed by atoms with Gasteiger partial charge in [-0.3, -0.25) is 0 Å². The number of allylic oxidation sites excluding steroid dienone is 1. The van der Waals surface area contributed by atoms with Gasteiger partial charge in [-0.1, -0.05) is 19.9 Å². The minimum absolute atomic E-state index is 0.108. The Hall–Kier alpha value is -0.283. The second-order valence-electron chi connectivity index (χ2n) is 4.67. The Kier molecular flexibility index (Phi) is 5.45. The monoisotopic (exact) mass is 216 g/mol. The van der Waals surface area contributed by atoms with Crippen LogP contribution in [0.4, 0.5) is 0 Å². The molecule has 0 aliphatic carbocycles. The summed E-state index contributed by atoms with van der Waals surface area (Å²) in [6.07, 6.45) is 2.45. The summed E-state index contributed by atoms with van der Waals surface area (Å²) in [5.41, 5.74) is 0. The Morgan fingerprint density at radius 3 is 2.21 bits per heavy atom. The standard InChI is InChI=1S/C11H24O2Si/c1-7-10(12)9(3)11(8-2)13-14(4,5)6/h8-10,12H,7H2,1-6H3/b11-8+/t9-,10+/m1/s1. The van der Waals surface area contributed by atoms with Gasteiger partial charge in [0.1, 0.15) is 0 Å². The van der Waals surface area contributed by atoms with Gasteiger partial charge in [0.05, 0.1) is 11.9 Å². The average molecular weight is 216 g/mol. The van der Waals surface area contributed by atoms with E-state index in [0.717, 1.165) is 12.2 Å². The first-order chi connectivity index (χ1) is 6.31. The minimum atomic E-state index is -1.54. The fraction of sp³-hybridized carbons (Fsp3) is 0.818. The van der Waals surface area contributed by atoms with E-state index in [1.54, 1.807) is 0 Å². The second-order valence-corrected chi connectivity index (χ2v) is 9.10. The lowest BCUT2D eigenvalue weighted by molar-refractivity contribution is 0.109. The quantitative estimate of drug-likeness (QED) is 0.565. The van der Waals surface area contributed by atoms with E-state index in [9.17, 15) is 5.11 Å². The second kappa shape index (κ2) is 5.56. The molecule has 0 saturated carbocycles. The molecule has 0 saturated heterocycles. The topological polar surface area (TPSA) is 29.5 Å². The van der Waals surface area contributed by atoms with Gasteiger partial charge in [-0.2, -0.15) is 0 Å². The van der Waals surface area contributed by atoms with Crippen molar-refractivity contribution in [3.8, 4) is 0 Å². The van der Waals surface area contributed by atoms with E-state index in [1.165, 1.54) is 0 Å². The molecule has 0 bridgehead atoms. The first-order valence-electron chi connectivity index (χ1n) is 5.35. The van der Waals surface area contributed by atoms with Gasteiger partial charge in [0.2, 0.25) is 8.32 Å². The van der Waals surface area contributed by atoms with E-state index in [0.29, 0.717) is 0 Å². The number of hydrogen-bond acceptors (Lipinski definition) is 2. The van der Waals surface area contributed by atoms with Crippen LogP contribution in [0.5, 0.6) is 0 Å². The molecule has 0 radical (unpaired) electrons. The van der Waals surface area contributed by atoms with E-state index in [2.05, 4.69) is 19.6 Å². The molecular formula is C11H24O2Si. The molecule has 3 heteroatoms. The lowest BCUT2D eigenvalue weighted by atomic mass is 10.0. The highest BCUT2D eigenvalue weighted by Crippen LogP contribution is 2.22. The van der Waals surface area contributed by atoms with Crippen LogP contribution in [-0.4, -0.2) is 19.5 Å². The van der Waals surface area contributed by atoms with Crippen molar-refractivity contribution in [2.75, 3.05) is 0 Å². The lowest BCUT2D eigenvalue weighted by Gasteiger charge is -2.27. The van der Waals surface area contributed by atoms with Gasteiger partial charge in [-0.25, -0.2) is 0 Å². The van der Waals surface area contributed by atoms with E-state index in [-0.39, 0.29) is 12.0 Å². The zero-order chi connectivity index (χ0) is 11.4. The van der Waals surface area contributed by atoms with Gasteiger partial charge in [-0.05, 0) is 33.0 Å². The lowest BCUT2D eigenvalue weighted by Crippen LogP contribution is -2.30. The Labute approximate surface area is 89.1 Å². The normalized spacial score (nSPS) is 17.8. The maximum absolute atomic E-state index is 9.72. The third-order valence-electron chi connectivity index (χ3n) is 2.15. The molecule has 0 amide bonds.